The van der Waals surface area contributed by atoms with E-state index in [9.17, 15) is 9.59 Å². The summed E-state index contributed by atoms with van der Waals surface area (Å²) in [6.45, 7) is 2.82. The predicted octanol–water partition coefficient (Wildman–Crippen LogP) is 5.05. The van der Waals surface area contributed by atoms with Gasteiger partial charge in [-0.1, -0.05) is 54.1 Å². The Morgan fingerprint density at radius 2 is 1.76 bits per heavy atom. The third kappa shape index (κ3) is 7.77. The Hall–Kier alpha value is -3.08. The van der Waals surface area contributed by atoms with Gasteiger partial charge in [0, 0.05) is 19.5 Å². The first-order valence-electron chi connectivity index (χ1n) is 12.0. The van der Waals surface area contributed by atoms with E-state index in [1.165, 1.54) is 18.4 Å². The molecule has 176 valence electrons. The molecule has 1 aliphatic rings. The summed E-state index contributed by atoms with van der Waals surface area (Å²) in [6, 6.07) is 17.1. The number of hydrogen-bond acceptors (Lipinski definition) is 3. The Labute approximate surface area is 197 Å². The molecule has 2 amide bonds. The van der Waals surface area contributed by atoms with E-state index in [1.807, 2.05) is 61.5 Å². The Kier molecular flexibility index (Phi) is 9.55. The Bertz CT molecular complexity index is 922. The van der Waals surface area contributed by atoms with Gasteiger partial charge in [-0.2, -0.15) is 0 Å². The van der Waals surface area contributed by atoms with Gasteiger partial charge in [-0.25, -0.2) is 0 Å². The van der Waals surface area contributed by atoms with E-state index in [4.69, 9.17) is 4.74 Å². The minimum Gasteiger partial charge on any atom is -0.497 e. The van der Waals surface area contributed by atoms with Crippen LogP contribution in [0.2, 0.25) is 0 Å². The number of ether oxygens (including phenoxy) is 1. The zero-order valence-corrected chi connectivity index (χ0v) is 19.9. The first-order valence-corrected chi connectivity index (χ1v) is 12.0. The maximum atomic E-state index is 13.2. The monoisotopic (exact) mass is 448 g/mol. The molecule has 0 aromatic heterocycles. The van der Waals surface area contributed by atoms with Crippen LogP contribution in [-0.4, -0.2) is 36.4 Å². The van der Waals surface area contributed by atoms with Gasteiger partial charge in [-0.3, -0.25) is 9.59 Å². The molecule has 3 rings (SSSR count). The summed E-state index contributed by atoms with van der Waals surface area (Å²) in [5.41, 5.74) is 3.52. The van der Waals surface area contributed by atoms with E-state index >= 15 is 0 Å². The molecule has 5 nitrogen and oxygen atoms in total. The largest absolute Gasteiger partial charge is 0.497 e. The van der Waals surface area contributed by atoms with Gasteiger partial charge in [0.1, 0.15) is 11.8 Å². The fraction of sp³-hybridized carbons (Fsp3) is 0.429. The first-order chi connectivity index (χ1) is 16.1. The van der Waals surface area contributed by atoms with Crippen LogP contribution in [0.3, 0.4) is 0 Å². The zero-order valence-electron chi connectivity index (χ0n) is 19.9. The Morgan fingerprint density at radius 3 is 2.42 bits per heavy atom. The van der Waals surface area contributed by atoms with E-state index in [0.717, 1.165) is 36.1 Å². The number of carbonyl (C=O) groups excluding carboxylic acids is 2. The molecular formula is C28H36N2O3. The van der Waals surface area contributed by atoms with Crippen molar-refractivity contribution in [1.82, 2.24) is 10.2 Å². The minimum atomic E-state index is -0.546. The second-order valence-corrected chi connectivity index (χ2v) is 8.68. The highest BCUT2D eigenvalue weighted by Gasteiger charge is 2.26. The summed E-state index contributed by atoms with van der Waals surface area (Å²) >= 11 is 0. The van der Waals surface area contributed by atoms with E-state index in [1.54, 1.807) is 12.0 Å². The van der Waals surface area contributed by atoms with Crippen LogP contribution >= 0.6 is 0 Å². The molecule has 0 aliphatic heterocycles. The van der Waals surface area contributed by atoms with Crippen LogP contribution in [0.15, 0.2) is 66.2 Å². The molecule has 1 N–H and O–H groups in total. The van der Waals surface area contributed by atoms with Gasteiger partial charge in [-0.05, 0) is 68.7 Å². The molecular weight excluding hydrogens is 412 g/mol. The van der Waals surface area contributed by atoms with Gasteiger partial charge in [0.25, 0.3) is 0 Å². The van der Waals surface area contributed by atoms with Crippen LogP contribution in [-0.2, 0) is 22.6 Å². The summed E-state index contributed by atoms with van der Waals surface area (Å²) < 4.78 is 5.24. The average molecular weight is 449 g/mol. The van der Waals surface area contributed by atoms with Crippen molar-refractivity contribution in [3.05, 3.63) is 77.4 Å². The molecule has 1 atom stereocenters. The van der Waals surface area contributed by atoms with Crippen LogP contribution in [0.4, 0.5) is 0 Å². The first kappa shape index (κ1) is 24.6. The predicted molar refractivity (Wildman–Crippen MR) is 132 cm³/mol. The number of rotatable bonds is 11. The molecule has 2 aromatic carbocycles. The number of benzene rings is 2. The molecule has 0 fully saturated rings. The minimum absolute atomic E-state index is 0.0210. The molecule has 0 spiro atoms. The smallest absolute Gasteiger partial charge is 0.242 e. The molecule has 0 saturated heterocycles. The normalized spacial score (nSPS) is 14.2. The second kappa shape index (κ2) is 12.8. The van der Waals surface area contributed by atoms with Gasteiger partial charge in [0.2, 0.25) is 11.8 Å². The Morgan fingerprint density at radius 1 is 1.00 bits per heavy atom. The zero-order chi connectivity index (χ0) is 23.5. The lowest BCUT2D eigenvalue weighted by atomic mass is 9.97. The van der Waals surface area contributed by atoms with E-state index in [-0.39, 0.29) is 11.8 Å². The molecule has 5 heteroatoms. The molecule has 2 aromatic rings. The number of allylic oxidation sites excluding steroid dienone is 1. The number of methoxy groups -OCH3 is 1. The maximum Gasteiger partial charge on any atom is 0.242 e. The number of aryl methyl sites for hydroxylation is 1. The fourth-order valence-corrected chi connectivity index (χ4v) is 4.18. The molecule has 0 radical (unpaired) electrons. The van der Waals surface area contributed by atoms with Crippen molar-refractivity contribution in [3.8, 4) is 5.75 Å². The van der Waals surface area contributed by atoms with Crippen LogP contribution in [0.25, 0.3) is 0 Å². The lowest BCUT2D eigenvalue weighted by molar-refractivity contribution is -0.140. The van der Waals surface area contributed by atoms with Gasteiger partial charge in [0.15, 0.2) is 0 Å². The number of amides is 2. The van der Waals surface area contributed by atoms with E-state index in [2.05, 4.69) is 11.4 Å². The maximum absolute atomic E-state index is 13.2. The van der Waals surface area contributed by atoms with Gasteiger partial charge in [0.05, 0.1) is 7.11 Å². The number of nitrogens with zero attached hydrogens (tertiary/aromatic N) is 1. The molecule has 0 bridgehead atoms. The highest BCUT2D eigenvalue weighted by Crippen LogP contribution is 2.20. The highest BCUT2D eigenvalue weighted by molar-refractivity contribution is 5.87. The van der Waals surface area contributed by atoms with E-state index < -0.39 is 6.04 Å². The third-order valence-electron chi connectivity index (χ3n) is 6.28. The highest BCUT2D eigenvalue weighted by atomic mass is 16.5. The summed E-state index contributed by atoms with van der Waals surface area (Å²) in [7, 11) is 1.63. The lowest BCUT2D eigenvalue weighted by Gasteiger charge is -2.29. The van der Waals surface area contributed by atoms with Crippen molar-refractivity contribution < 1.29 is 14.3 Å². The summed E-state index contributed by atoms with van der Waals surface area (Å²) in [6.07, 6.45) is 8.99. The van der Waals surface area contributed by atoms with Crippen LogP contribution in [0.5, 0.6) is 5.75 Å². The van der Waals surface area contributed by atoms with Gasteiger partial charge >= 0.3 is 0 Å². The third-order valence-corrected chi connectivity index (χ3v) is 6.28. The quantitative estimate of drug-likeness (QED) is 0.489. The van der Waals surface area contributed by atoms with Crippen molar-refractivity contribution in [1.29, 1.82) is 0 Å². The topological polar surface area (TPSA) is 58.6 Å². The van der Waals surface area contributed by atoms with E-state index in [0.29, 0.717) is 25.9 Å². The van der Waals surface area contributed by atoms with Crippen molar-refractivity contribution in [2.45, 2.75) is 64.5 Å². The van der Waals surface area contributed by atoms with Crippen molar-refractivity contribution in [2.24, 2.45) is 0 Å². The molecule has 1 unspecified atom stereocenters. The van der Waals surface area contributed by atoms with Gasteiger partial charge in [-0.15, -0.1) is 0 Å². The molecule has 1 aliphatic carbocycles. The summed E-state index contributed by atoms with van der Waals surface area (Å²) in [5, 5.41) is 3.05. The second-order valence-electron chi connectivity index (χ2n) is 8.68. The Balaban J connectivity index is 1.63. The summed E-state index contributed by atoms with van der Waals surface area (Å²) in [4.78, 5) is 27.9. The van der Waals surface area contributed by atoms with Crippen molar-refractivity contribution >= 4 is 11.8 Å². The number of hydrogen-bond donors (Lipinski definition) is 1. The molecule has 0 heterocycles. The van der Waals surface area contributed by atoms with Crippen LogP contribution < -0.4 is 10.1 Å². The molecule has 0 saturated carbocycles. The van der Waals surface area contributed by atoms with Gasteiger partial charge < -0.3 is 15.0 Å². The van der Waals surface area contributed by atoms with Crippen molar-refractivity contribution in [2.75, 3.05) is 13.7 Å². The number of nitrogens with one attached hydrogen (secondary N) is 1. The molecule has 33 heavy (non-hydrogen) atoms. The average Bonchev–Trinajstić information content (AvgIpc) is 2.87. The summed E-state index contributed by atoms with van der Waals surface area (Å²) in [5.74, 6) is 0.642. The number of carbonyl (C=O) groups is 2. The lowest BCUT2D eigenvalue weighted by Crippen LogP contribution is -2.47. The van der Waals surface area contributed by atoms with Crippen LogP contribution in [0, 0.1) is 0 Å². The van der Waals surface area contributed by atoms with Crippen LogP contribution in [0.1, 0.15) is 56.6 Å². The van der Waals surface area contributed by atoms with Crippen molar-refractivity contribution in [3.63, 3.8) is 0 Å². The SMILES string of the molecule is COc1ccc(CN(C(=O)CCc2ccccc2)C(C)C(=O)NCCC2=CCCCC2)cc1. The standard InChI is InChI=1S/C28H36N2O3/c1-22(28(32)29-20-19-24-11-7-4-8-12-24)30(21-25-13-16-26(33-2)17-14-25)27(31)18-15-23-9-5-3-6-10-23/h3,5-6,9-11,13-14,16-17,22H,4,7-8,12,15,18-21H2,1-2H3,(H,29,32). The fourth-order valence-electron chi connectivity index (χ4n) is 4.18.